The SMILES string of the molecule is CCOc1ncnc(NCc2cccc(OC)c2)c1N. The van der Waals surface area contributed by atoms with Crippen LogP contribution in [0.1, 0.15) is 12.5 Å². The highest BCUT2D eigenvalue weighted by Crippen LogP contribution is 2.25. The van der Waals surface area contributed by atoms with Gasteiger partial charge in [-0.15, -0.1) is 0 Å². The smallest absolute Gasteiger partial charge is 0.242 e. The number of benzene rings is 1. The molecule has 6 heteroatoms. The minimum absolute atomic E-state index is 0.399. The summed E-state index contributed by atoms with van der Waals surface area (Å²) in [7, 11) is 1.64. The van der Waals surface area contributed by atoms with E-state index in [0.717, 1.165) is 11.3 Å². The second kappa shape index (κ2) is 6.60. The second-order valence-electron chi connectivity index (χ2n) is 4.08. The summed E-state index contributed by atoms with van der Waals surface area (Å²) in [6, 6.07) is 7.78. The Hall–Kier alpha value is -2.50. The van der Waals surface area contributed by atoms with Crippen molar-refractivity contribution in [3.63, 3.8) is 0 Å². The molecule has 0 aliphatic rings. The van der Waals surface area contributed by atoms with Crippen molar-refractivity contribution in [2.75, 3.05) is 24.8 Å². The first-order valence-electron chi connectivity index (χ1n) is 6.34. The summed E-state index contributed by atoms with van der Waals surface area (Å²) in [6.45, 7) is 2.98. The van der Waals surface area contributed by atoms with Crippen molar-refractivity contribution in [3.8, 4) is 11.6 Å². The molecule has 1 heterocycles. The Morgan fingerprint density at radius 2 is 2.15 bits per heavy atom. The van der Waals surface area contributed by atoms with Crippen LogP contribution in [0.4, 0.5) is 11.5 Å². The number of nitrogens with two attached hydrogens (primary N) is 1. The van der Waals surface area contributed by atoms with Crippen molar-refractivity contribution in [3.05, 3.63) is 36.2 Å². The van der Waals surface area contributed by atoms with Crippen molar-refractivity contribution in [1.82, 2.24) is 9.97 Å². The molecular formula is C14H18N4O2. The number of hydrogen-bond donors (Lipinski definition) is 2. The summed E-state index contributed by atoms with van der Waals surface area (Å²) in [5.41, 5.74) is 7.44. The average Bonchev–Trinajstić information content (AvgIpc) is 2.48. The molecule has 20 heavy (non-hydrogen) atoms. The molecule has 0 bridgehead atoms. The van der Waals surface area contributed by atoms with Gasteiger partial charge in [0.1, 0.15) is 17.8 Å². The van der Waals surface area contributed by atoms with Gasteiger partial charge in [0, 0.05) is 6.54 Å². The highest BCUT2D eigenvalue weighted by atomic mass is 16.5. The lowest BCUT2D eigenvalue weighted by molar-refractivity contribution is 0.328. The standard InChI is InChI=1S/C14H18N4O2/c1-3-20-14-12(15)13(17-9-18-14)16-8-10-5-4-6-11(7-10)19-2/h4-7,9H,3,8,15H2,1-2H3,(H,16,17,18). The Kier molecular flexibility index (Phi) is 4.60. The van der Waals surface area contributed by atoms with E-state index < -0.39 is 0 Å². The Bertz CT molecular complexity index is 575. The van der Waals surface area contributed by atoms with E-state index in [4.69, 9.17) is 15.2 Å². The topological polar surface area (TPSA) is 82.3 Å². The van der Waals surface area contributed by atoms with Crippen LogP contribution in [0.2, 0.25) is 0 Å². The van der Waals surface area contributed by atoms with E-state index in [2.05, 4.69) is 15.3 Å². The van der Waals surface area contributed by atoms with Crippen LogP contribution in [-0.4, -0.2) is 23.7 Å². The maximum atomic E-state index is 5.95. The molecule has 106 valence electrons. The summed E-state index contributed by atoms with van der Waals surface area (Å²) in [4.78, 5) is 8.11. The lowest BCUT2D eigenvalue weighted by Crippen LogP contribution is -2.08. The van der Waals surface area contributed by atoms with Gasteiger partial charge in [-0.1, -0.05) is 12.1 Å². The van der Waals surface area contributed by atoms with E-state index in [9.17, 15) is 0 Å². The second-order valence-corrected chi connectivity index (χ2v) is 4.08. The van der Waals surface area contributed by atoms with Gasteiger partial charge in [0.2, 0.25) is 5.88 Å². The molecule has 0 saturated heterocycles. The van der Waals surface area contributed by atoms with Gasteiger partial charge in [-0.05, 0) is 24.6 Å². The van der Waals surface area contributed by atoms with Gasteiger partial charge in [0.05, 0.1) is 13.7 Å². The number of anilines is 2. The highest BCUT2D eigenvalue weighted by molar-refractivity contribution is 5.66. The first kappa shape index (κ1) is 13.9. The van der Waals surface area contributed by atoms with Crippen LogP contribution in [0.25, 0.3) is 0 Å². The van der Waals surface area contributed by atoms with E-state index in [1.807, 2.05) is 31.2 Å². The molecule has 0 radical (unpaired) electrons. The minimum Gasteiger partial charge on any atom is -0.497 e. The van der Waals surface area contributed by atoms with Crippen LogP contribution in [0, 0.1) is 0 Å². The van der Waals surface area contributed by atoms with E-state index in [1.165, 1.54) is 6.33 Å². The van der Waals surface area contributed by atoms with Crippen LogP contribution in [0.3, 0.4) is 0 Å². The van der Waals surface area contributed by atoms with Gasteiger partial charge >= 0.3 is 0 Å². The molecule has 0 atom stereocenters. The average molecular weight is 274 g/mol. The van der Waals surface area contributed by atoms with Crippen LogP contribution in [0.15, 0.2) is 30.6 Å². The fourth-order valence-corrected chi connectivity index (χ4v) is 1.74. The van der Waals surface area contributed by atoms with Crippen LogP contribution in [0.5, 0.6) is 11.6 Å². The fourth-order valence-electron chi connectivity index (χ4n) is 1.74. The molecule has 2 rings (SSSR count). The molecule has 0 saturated carbocycles. The Morgan fingerprint density at radius 1 is 1.30 bits per heavy atom. The van der Waals surface area contributed by atoms with E-state index in [1.54, 1.807) is 7.11 Å². The molecule has 0 spiro atoms. The number of nitrogen functional groups attached to an aromatic ring is 1. The lowest BCUT2D eigenvalue weighted by atomic mass is 10.2. The number of nitrogens with one attached hydrogen (secondary N) is 1. The summed E-state index contributed by atoms with van der Waals surface area (Å²) < 4.78 is 10.5. The monoisotopic (exact) mass is 274 g/mol. The minimum atomic E-state index is 0.399. The van der Waals surface area contributed by atoms with Crippen molar-refractivity contribution >= 4 is 11.5 Å². The Morgan fingerprint density at radius 3 is 2.90 bits per heavy atom. The van der Waals surface area contributed by atoms with E-state index in [0.29, 0.717) is 30.5 Å². The van der Waals surface area contributed by atoms with Crippen molar-refractivity contribution in [1.29, 1.82) is 0 Å². The Labute approximate surface area is 118 Å². The molecule has 6 nitrogen and oxygen atoms in total. The molecule has 0 aliphatic heterocycles. The van der Waals surface area contributed by atoms with Gasteiger partial charge < -0.3 is 20.5 Å². The fraction of sp³-hybridized carbons (Fsp3) is 0.286. The predicted molar refractivity (Wildman–Crippen MR) is 77.9 cm³/mol. The van der Waals surface area contributed by atoms with Crippen molar-refractivity contribution in [2.45, 2.75) is 13.5 Å². The third-order valence-electron chi connectivity index (χ3n) is 2.72. The van der Waals surface area contributed by atoms with Crippen molar-refractivity contribution in [2.24, 2.45) is 0 Å². The predicted octanol–water partition coefficient (Wildman–Crippen LogP) is 2.08. The maximum Gasteiger partial charge on any atom is 0.242 e. The van der Waals surface area contributed by atoms with Crippen molar-refractivity contribution < 1.29 is 9.47 Å². The number of rotatable bonds is 6. The Balaban J connectivity index is 2.08. The third-order valence-corrected chi connectivity index (χ3v) is 2.72. The molecule has 1 aromatic heterocycles. The van der Waals surface area contributed by atoms with Gasteiger partial charge in [-0.3, -0.25) is 0 Å². The molecule has 0 amide bonds. The molecule has 3 N–H and O–H groups in total. The summed E-state index contributed by atoms with van der Waals surface area (Å²) in [5, 5.41) is 3.17. The van der Waals surface area contributed by atoms with E-state index in [-0.39, 0.29) is 0 Å². The number of ether oxygens (including phenoxy) is 2. The van der Waals surface area contributed by atoms with Crippen LogP contribution < -0.4 is 20.5 Å². The summed E-state index contributed by atoms with van der Waals surface area (Å²) in [6.07, 6.45) is 1.43. The first-order valence-corrected chi connectivity index (χ1v) is 6.34. The lowest BCUT2D eigenvalue weighted by Gasteiger charge is -2.11. The zero-order valence-corrected chi connectivity index (χ0v) is 11.6. The molecule has 0 aliphatic carbocycles. The van der Waals surface area contributed by atoms with Gasteiger partial charge in [-0.25, -0.2) is 4.98 Å². The largest absolute Gasteiger partial charge is 0.497 e. The van der Waals surface area contributed by atoms with Gasteiger partial charge in [0.15, 0.2) is 5.82 Å². The molecule has 1 aromatic carbocycles. The van der Waals surface area contributed by atoms with Crippen LogP contribution in [-0.2, 0) is 6.54 Å². The van der Waals surface area contributed by atoms with E-state index >= 15 is 0 Å². The van der Waals surface area contributed by atoms with Gasteiger partial charge in [0.25, 0.3) is 0 Å². The molecule has 0 unspecified atom stereocenters. The highest BCUT2D eigenvalue weighted by Gasteiger charge is 2.08. The summed E-state index contributed by atoms with van der Waals surface area (Å²) >= 11 is 0. The maximum absolute atomic E-state index is 5.95. The first-order chi connectivity index (χ1) is 9.74. The summed E-state index contributed by atoms with van der Waals surface area (Å²) in [5.74, 6) is 1.77. The third kappa shape index (κ3) is 3.28. The molecular weight excluding hydrogens is 256 g/mol. The number of hydrogen-bond acceptors (Lipinski definition) is 6. The van der Waals surface area contributed by atoms with Crippen LogP contribution >= 0.6 is 0 Å². The number of methoxy groups -OCH3 is 1. The number of aromatic nitrogens is 2. The zero-order chi connectivity index (χ0) is 14.4. The number of nitrogens with zero attached hydrogens (tertiary/aromatic N) is 2. The molecule has 0 fully saturated rings. The normalized spacial score (nSPS) is 10.1. The molecule has 2 aromatic rings. The zero-order valence-electron chi connectivity index (χ0n) is 11.6. The quantitative estimate of drug-likeness (QED) is 0.839. The van der Waals surface area contributed by atoms with Gasteiger partial charge in [-0.2, -0.15) is 4.98 Å².